The molecule has 4 heteroatoms. The Morgan fingerprint density at radius 3 is 2.95 bits per heavy atom. The Morgan fingerprint density at radius 1 is 1.37 bits per heavy atom. The van der Waals surface area contributed by atoms with Crippen molar-refractivity contribution in [3.8, 4) is 0 Å². The molecule has 4 nitrogen and oxygen atoms in total. The van der Waals surface area contributed by atoms with E-state index in [4.69, 9.17) is 10.9 Å². The molecule has 0 amide bonds. The van der Waals surface area contributed by atoms with Crippen LogP contribution in [0, 0.1) is 5.92 Å². The SMILES string of the molecule is NC(=NO)c1ccccc1CNCC1CC=CCC1. The summed E-state index contributed by atoms with van der Waals surface area (Å²) in [6.07, 6.45) is 8.12. The van der Waals surface area contributed by atoms with E-state index < -0.39 is 0 Å². The van der Waals surface area contributed by atoms with E-state index in [9.17, 15) is 0 Å². The van der Waals surface area contributed by atoms with Crippen molar-refractivity contribution in [3.63, 3.8) is 0 Å². The fourth-order valence-electron chi connectivity index (χ4n) is 2.43. The Bertz CT molecular complexity index is 468. The second-order valence-corrected chi connectivity index (χ2v) is 4.92. The minimum Gasteiger partial charge on any atom is -0.409 e. The van der Waals surface area contributed by atoms with E-state index in [1.807, 2.05) is 24.3 Å². The lowest BCUT2D eigenvalue weighted by Crippen LogP contribution is -2.25. The number of oxime groups is 1. The van der Waals surface area contributed by atoms with E-state index in [1.54, 1.807) is 0 Å². The molecule has 2 rings (SSSR count). The summed E-state index contributed by atoms with van der Waals surface area (Å²) in [7, 11) is 0. The number of benzene rings is 1. The summed E-state index contributed by atoms with van der Waals surface area (Å²) >= 11 is 0. The topological polar surface area (TPSA) is 70.6 Å². The first-order chi connectivity index (χ1) is 9.31. The lowest BCUT2D eigenvalue weighted by molar-refractivity contribution is 0.318. The van der Waals surface area contributed by atoms with Crippen LogP contribution in [-0.2, 0) is 6.54 Å². The molecule has 0 aromatic heterocycles. The normalized spacial score (nSPS) is 19.6. The first kappa shape index (κ1) is 13.6. The molecule has 4 N–H and O–H groups in total. The molecule has 0 fully saturated rings. The highest BCUT2D eigenvalue weighted by atomic mass is 16.4. The predicted molar refractivity (Wildman–Crippen MR) is 77.1 cm³/mol. The van der Waals surface area contributed by atoms with E-state index in [1.165, 1.54) is 12.8 Å². The zero-order valence-corrected chi connectivity index (χ0v) is 11.0. The number of hydrogen-bond acceptors (Lipinski definition) is 3. The highest BCUT2D eigenvalue weighted by Crippen LogP contribution is 2.17. The molecule has 1 aliphatic carbocycles. The van der Waals surface area contributed by atoms with Gasteiger partial charge in [-0.05, 0) is 37.3 Å². The molecule has 1 aliphatic rings. The molecule has 0 radical (unpaired) electrons. The van der Waals surface area contributed by atoms with Crippen LogP contribution in [-0.4, -0.2) is 17.6 Å². The van der Waals surface area contributed by atoms with Crippen LogP contribution in [0.5, 0.6) is 0 Å². The molecule has 0 heterocycles. The summed E-state index contributed by atoms with van der Waals surface area (Å²) in [5, 5.41) is 15.3. The molecule has 102 valence electrons. The molecule has 1 aromatic carbocycles. The fraction of sp³-hybridized carbons (Fsp3) is 0.400. The first-order valence-corrected chi connectivity index (χ1v) is 6.72. The summed E-state index contributed by atoms with van der Waals surface area (Å²) < 4.78 is 0. The summed E-state index contributed by atoms with van der Waals surface area (Å²) in [6.45, 7) is 1.75. The molecule has 0 saturated heterocycles. The van der Waals surface area contributed by atoms with Crippen molar-refractivity contribution >= 4 is 5.84 Å². The summed E-state index contributed by atoms with van der Waals surface area (Å²) in [5.41, 5.74) is 7.52. The number of nitrogens with one attached hydrogen (secondary N) is 1. The fourth-order valence-corrected chi connectivity index (χ4v) is 2.43. The molecule has 19 heavy (non-hydrogen) atoms. The van der Waals surface area contributed by atoms with Gasteiger partial charge in [-0.15, -0.1) is 0 Å². The molecular weight excluding hydrogens is 238 g/mol. The van der Waals surface area contributed by atoms with Crippen molar-refractivity contribution in [3.05, 3.63) is 47.5 Å². The Labute approximate surface area is 114 Å². The predicted octanol–water partition coefficient (Wildman–Crippen LogP) is 2.23. The van der Waals surface area contributed by atoms with Crippen molar-refractivity contribution in [2.24, 2.45) is 16.8 Å². The molecule has 1 atom stereocenters. The standard InChI is InChI=1S/C15H21N3O/c16-15(18-19)14-9-5-4-8-13(14)11-17-10-12-6-2-1-3-7-12/h1-2,4-5,8-9,12,17,19H,3,6-7,10-11H2,(H2,16,18). The van der Waals surface area contributed by atoms with E-state index in [2.05, 4.69) is 22.6 Å². The van der Waals surface area contributed by atoms with Crippen LogP contribution in [0.1, 0.15) is 30.4 Å². The molecule has 1 unspecified atom stereocenters. The summed E-state index contributed by atoms with van der Waals surface area (Å²) in [4.78, 5) is 0. The highest BCUT2D eigenvalue weighted by Gasteiger charge is 2.10. The average molecular weight is 259 g/mol. The van der Waals surface area contributed by atoms with Crippen LogP contribution in [0.25, 0.3) is 0 Å². The quantitative estimate of drug-likeness (QED) is 0.250. The second-order valence-electron chi connectivity index (χ2n) is 4.92. The van der Waals surface area contributed by atoms with Gasteiger partial charge in [0.25, 0.3) is 0 Å². The van der Waals surface area contributed by atoms with Crippen molar-refractivity contribution in [1.82, 2.24) is 5.32 Å². The van der Waals surface area contributed by atoms with Crippen molar-refractivity contribution in [2.45, 2.75) is 25.8 Å². The van der Waals surface area contributed by atoms with Gasteiger partial charge >= 0.3 is 0 Å². The lowest BCUT2D eigenvalue weighted by Gasteiger charge is -2.18. The van der Waals surface area contributed by atoms with Gasteiger partial charge in [-0.25, -0.2) is 0 Å². The van der Waals surface area contributed by atoms with E-state index in [0.29, 0.717) is 0 Å². The Kier molecular flexibility index (Phi) is 4.98. The molecule has 0 bridgehead atoms. The third kappa shape index (κ3) is 3.83. The zero-order chi connectivity index (χ0) is 13.5. The Balaban J connectivity index is 1.90. The first-order valence-electron chi connectivity index (χ1n) is 6.72. The van der Waals surface area contributed by atoms with Crippen LogP contribution >= 0.6 is 0 Å². The van der Waals surface area contributed by atoms with Crippen LogP contribution < -0.4 is 11.1 Å². The smallest absolute Gasteiger partial charge is 0.170 e. The highest BCUT2D eigenvalue weighted by molar-refractivity contribution is 5.98. The maximum Gasteiger partial charge on any atom is 0.170 e. The third-order valence-electron chi connectivity index (χ3n) is 3.53. The van der Waals surface area contributed by atoms with Gasteiger partial charge < -0.3 is 16.3 Å². The Morgan fingerprint density at radius 2 is 2.21 bits per heavy atom. The number of nitrogens with zero attached hydrogens (tertiary/aromatic N) is 1. The van der Waals surface area contributed by atoms with E-state index in [-0.39, 0.29) is 5.84 Å². The monoisotopic (exact) mass is 259 g/mol. The molecule has 0 aliphatic heterocycles. The minimum absolute atomic E-state index is 0.165. The number of nitrogens with two attached hydrogens (primary N) is 1. The van der Waals surface area contributed by atoms with Gasteiger partial charge in [-0.1, -0.05) is 41.6 Å². The molecular formula is C15H21N3O. The summed E-state index contributed by atoms with van der Waals surface area (Å²) in [6, 6.07) is 7.73. The lowest BCUT2D eigenvalue weighted by atomic mass is 9.94. The maximum atomic E-state index is 8.78. The Hall–Kier alpha value is -1.81. The molecule has 1 aromatic rings. The largest absolute Gasteiger partial charge is 0.409 e. The van der Waals surface area contributed by atoms with E-state index >= 15 is 0 Å². The van der Waals surface area contributed by atoms with Gasteiger partial charge in [0.1, 0.15) is 0 Å². The number of hydrogen-bond donors (Lipinski definition) is 3. The van der Waals surface area contributed by atoms with Gasteiger partial charge in [-0.2, -0.15) is 0 Å². The number of rotatable bonds is 5. The van der Waals surface area contributed by atoms with Crippen LogP contribution in [0.15, 0.2) is 41.6 Å². The molecule has 0 saturated carbocycles. The van der Waals surface area contributed by atoms with Crippen LogP contribution in [0.2, 0.25) is 0 Å². The average Bonchev–Trinajstić information content (AvgIpc) is 2.48. The van der Waals surface area contributed by atoms with Crippen LogP contribution in [0.4, 0.5) is 0 Å². The number of amidine groups is 1. The molecule has 0 spiro atoms. The van der Waals surface area contributed by atoms with Crippen molar-refractivity contribution in [2.75, 3.05) is 6.54 Å². The maximum absolute atomic E-state index is 8.78. The summed E-state index contributed by atoms with van der Waals surface area (Å²) in [5.74, 6) is 0.888. The van der Waals surface area contributed by atoms with Crippen LogP contribution in [0.3, 0.4) is 0 Å². The van der Waals surface area contributed by atoms with Gasteiger partial charge in [0, 0.05) is 12.1 Å². The van der Waals surface area contributed by atoms with Crippen molar-refractivity contribution in [1.29, 1.82) is 0 Å². The van der Waals surface area contributed by atoms with Gasteiger partial charge in [0.05, 0.1) is 0 Å². The minimum atomic E-state index is 0.165. The van der Waals surface area contributed by atoms with Gasteiger partial charge in [0.2, 0.25) is 0 Å². The van der Waals surface area contributed by atoms with E-state index in [0.717, 1.165) is 36.6 Å². The zero-order valence-electron chi connectivity index (χ0n) is 11.0. The second kappa shape index (κ2) is 6.95. The van der Waals surface area contributed by atoms with Gasteiger partial charge in [0.15, 0.2) is 5.84 Å². The number of allylic oxidation sites excluding steroid dienone is 2. The van der Waals surface area contributed by atoms with Crippen molar-refractivity contribution < 1.29 is 5.21 Å². The third-order valence-corrected chi connectivity index (χ3v) is 3.53. The van der Waals surface area contributed by atoms with Gasteiger partial charge in [-0.3, -0.25) is 0 Å².